The van der Waals surface area contributed by atoms with E-state index in [-0.39, 0.29) is 12.5 Å². The second-order valence-corrected chi connectivity index (χ2v) is 10.1. The zero-order valence-corrected chi connectivity index (χ0v) is 21.4. The number of carbonyl (C=O) groups excluding carboxylic acids is 1. The third kappa shape index (κ3) is 7.23. The lowest BCUT2D eigenvalue weighted by molar-refractivity contribution is 0.0947. The van der Waals surface area contributed by atoms with E-state index in [1.807, 2.05) is 39.0 Å². The Hall–Kier alpha value is -3.52. The second-order valence-electron chi connectivity index (χ2n) is 8.20. The first-order valence-corrected chi connectivity index (χ1v) is 13.3. The molecule has 0 bridgehead atoms. The van der Waals surface area contributed by atoms with Crippen molar-refractivity contribution in [1.29, 1.82) is 0 Å². The predicted molar refractivity (Wildman–Crippen MR) is 139 cm³/mol. The van der Waals surface area contributed by atoms with E-state index in [9.17, 15) is 13.2 Å². The lowest BCUT2D eigenvalue weighted by Gasteiger charge is -2.23. The number of aryl methyl sites for hydroxylation is 1. The van der Waals surface area contributed by atoms with Gasteiger partial charge in [0.2, 0.25) is 10.0 Å². The number of rotatable bonds is 11. The molecule has 0 heterocycles. The average Bonchev–Trinajstić information content (AvgIpc) is 2.83. The van der Waals surface area contributed by atoms with Gasteiger partial charge in [0.25, 0.3) is 5.91 Å². The molecule has 35 heavy (non-hydrogen) atoms. The van der Waals surface area contributed by atoms with Crippen molar-refractivity contribution in [2.24, 2.45) is 0 Å². The summed E-state index contributed by atoms with van der Waals surface area (Å²) in [7, 11) is -3.51. The molecule has 186 valence electrons. The van der Waals surface area contributed by atoms with E-state index in [2.05, 4.69) is 5.32 Å². The van der Waals surface area contributed by atoms with Gasteiger partial charge < -0.3 is 14.8 Å². The van der Waals surface area contributed by atoms with Crippen molar-refractivity contribution in [3.8, 4) is 11.5 Å². The van der Waals surface area contributed by atoms with Gasteiger partial charge in [0.05, 0.1) is 31.6 Å². The molecule has 0 unspecified atom stereocenters. The molecular formula is C27H32N2O5S. The standard InChI is InChI=1S/C27H32N2O5S/c1-5-33-25-15-13-24(14-16-25)29(35(4,31)32)19-22-9-11-23(12-10-22)27(30)28-17-18-34-26-8-6-7-20(2)21(26)3/h6-16H,5,17-19H2,1-4H3,(H,28,30). The van der Waals surface area contributed by atoms with Crippen molar-refractivity contribution >= 4 is 21.6 Å². The van der Waals surface area contributed by atoms with Crippen molar-refractivity contribution in [1.82, 2.24) is 5.32 Å². The van der Waals surface area contributed by atoms with Crippen LogP contribution in [0.2, 0.25) is 0 Å². The smallest absolute Gasteiger partial charge is 0.251 e. The summed E-state index contributed by atoms with van der Waals surface area (Å²) in [6, 6.07) is 19.7. The third-order valence-corrected chi connectivity index (χ3v) is 6.72. The number of carbonyl (C=O) groups is 1. The average molecular weight is 497 g/mol. The fourth-order valence-electron chi connectivity index (χ4n) is 3.51. The molecule has 0 saturated heterocycles. The lowest BCUT2D eigenvalue weighted by atomic mass is 10.1. The van der Waals surface area contributed by atoms with Gasteiger partial charge in [0, 0.05) is 5.56 Å². The number of anilines is 1. The first-order chi connectivity index (χ1) is 16.7. The largest absolute Gasteiger partial charge is 0.494 e. The van der Waals surface area contributed by atoms with Crippen LogP contribution in [0.15, 0.2) is 66.7 Å². The van der Waals surface area contributed by atoms with Gasteiger partial charge in [0.15, 0.2) is 0 Å². The van der Waals surface area contributed by atoms with Crippen LogP contribution in [0, 0.1) is 13.8 Å². The van der Waals surface area contributed by atoms with Crippen molar-refractivity contribution in [2.75, 3.05) is 30.3 Å². The normalized spacial score (nSPS) is 11.1. The first kappa shape index (κ1) is 26.1. The van der Waals surface area contributed by atoms with Gasteiger partial charge in [-0.3, -0.25) is 9.10 Å². The summed E-state index contributed by atoms with van der Waals surface area (Å²) in [5.41, 5.74) is 4.04. The molecule has 0 atom stereocenters. The minimum Gasteiger partial charge on any atom is -0.494 e. The molecule has 3 aromatic carbocycles. The fourth-order valence-corrected chi connectivity index (χ4v) is 4.40. The summed E-state index contributed by atoms with van der Waals surface area (Å²) < 4.78 is 37.4. The van der Waals surface area contributed by atoms with E-state index in [1.165, 1.54) is 10.6 Å². The Morgan fingerprint density at radius 1 is 0.943 bits per heavy atom. The predicted octanol–water partition coefficient (Wildman–Crippen LogP) is 4.48. The monoisotopic (exact) mass is 496 g/mol. The first-order valence-electron chi connectivity index (χ1n) is 11.5. The van der Waals surface area contributed by atoms with Gasteiger partial charge >= 0.3 is 0 Å². The summed E-state index contributed by atoms with van der Waals surface area (Å²) >= 11 is 0. The van der Waals surface area contributed by atoms with Crippen LogP contribution < -0.4 is 19.1 Å². The van der Waals surface area contributed by atoms with Crippen molar-refractivity contribution in [3.05, 3.63) is 89.0 Å². The molecule has 1 amide bonds. The van der Waals surface area contributed by atoms with E-state index < -0.39 is 10.0 Å². The minimum atomic E-state index is -3.51. The molecule has 7 nitrogen and oxygen atoms in total. The molecule has 0 fully saturated rings. The molecule has 0 aliphatic carbocycles. The molecule has 0 aromatic heterocycles. The van der Waals surface area contributed by atoms with Crippen LogP contribution in [0.25, 0.3) is 0 Å². The van der Waals surface area contributed by atoms with Gasteiger partial charge in [-0.2, -0.15) is 0 Å². The van der Waals surface area contributed by atoms with E-state index >= 15 is 0 Å². The maximum atomic E-state index is 12.5. The Bertz CT molecular complexity index is 1240. The number of hydrogen-bond acceptors (Lipinski definition) is 5. The van der Waals surface area contributed by atoms with Gasteiger partial charge in [-0.05, 0) is 79.9 Å². The van der Waals surface area contributed by atoms with Crippen LogP contribution in [0.4, 0.5) is 5.69 Å². The SMILES string of the molecule is CCOc1ccc(N(Cc2ccc(C(=O)NCCOc3cccc(C)c3C)cc2)S(C)(=O)=O)cc1. The summed E-state index contributed by atoms with van der Waals surface area (Å²) in [6.07, 6.45) is 1.17. The number of benzene rings is 3. The highest BCUT2D eigenvalue weighted by Gasteiger charge is 2.18. The Kier molecular flexibility index (Phi) is 8.76. The molecular weight excluding hydrogens is 464 g/mol. The number of nitrogens with zero attached hydrogens (tertiary/aromatic N) is 1. The number of hydrogen-bond donors (Lipinski definition) is 1. The lowest BCUT2D eigenvalue weighted by Crippen LogP contribution is -2.29. The highest BCUT2D eigenvalue weighted by Crippen LogP contribution is 2.24. The van der Waals surface area contributed by atoms with E-state index in [1.54, 1.807) is 48.5 Å². The summed E-state index contributed by atoms with van der Waals surface area (Å²) in [4.78, 5) is 12.5. The van der Waals surface area contributed by atoms with E-state index in [0.29, 0.717) is 36.8 Å². The highest BCUT2D eigenvalue weighted by molar-refractivity contribution is 7.92. The summed E-state index contributed by atoms with van der Waals surface area (Å²) in [5, 5.41) is 2.85. The quantitative estimate of drug-likeness (QED) is 0.396. The number of amides is 1. The maximum absolute atomic E-state index is 12.5. The van der Waals surface area contributed by atoms with E-state index in [4.69, 9.17) is 9.47 Å². The second kappa shape index (κ2) is 11.8. The fraction of sp³-hybridized carbons (Fsp3) is 0.296. The van der Waals surface area contributed by atoms with Crippen molar-refractivity contribution in [2.45, 2.75) is 27.3 Å². The molecule has 0 spiro atoms. The summed E-state index contributed by atoms with van der Waals surface area (Å²) in [6.45, 7) is 7.34. The van der Waals surface area contributed by atoms with Crippen LogP contribution in [-0.4, -0.2) is 40.3 Å². The summed E-state index contributed by atoms with van der Waals surface area (Å²) in [5.74, 6) is 1.28. The van der Waals surface area contributed by atoms with Crippen molar-refractivity contribution < 1.29 is 22.7 Å². The Balaban J connectivity index is 1.58. The topological polar surface area (TPSA) is 84.9 Å². The highest BCUT2D eigenvalue weighted by atomic mass is 32.2. The van der Waals surface area contributed by atoms with Crippen LogP contribution in [0.5, 0.6) is 11.5 Å². The maximum Gasteiger partial charge on any atom is 0.251 e. The third-order valence-electron chi connectivity index (χ3n) is 5.58. The van der Waals surface area contributed by atoms with Gasteiger partial charge in [-0.1, -0.05) is 24.3 Å². The molecule has 0 aliphatic rings. The van der Waals surface area contributed by atoms with Crippen LogP contribution >= 0.6 is 0 Å². The van der Waals surface area contributed by atoms with Gasteiger partial charge in [0.1, 0.15) is 18.1 Å². The van der Waals surface area contributed by atoms with Gasteiger partial charge in [-0.25, -0.2) is 8.42 Å². The molecule has 0 aliphatic heterocycles. The molecule has 0 saturated carbocycles. The van der Waals surface area contributed by atoms with Crippen LogP contribution in [0.1, 0.15) is 34.0 Å². The van der Waals surface area contributed by atoms with E-state index in [0.717, 1.165) is 22.4 Å². The van der Waals surface area contributed by atoms with Crippen molar-refractivity contribution in [3.63, 3.8) is 0 Å². The molecule has 8 heteroatoms. The molecule has 1 N–H and O–H groups in total. The Labute approximate surface area is 207 Å². The molecule has 3 aromatic rings. The van der Waals surface area contributed by atoms with Crippen LogP contribution in [-0.2, 0) is 16.6 Å². The van der Waals surface area contributed by atoms with Gasteiger partial charge in [-0.15, -0.1) is 0 Å². The number of sulfonamides is 1. The Morgan fingerprint density at radius 3 is 2.26 bits per heavy atom. The number of ether oxygens (including phenoxy) is 2. The van der Waals surface area contributed by atoms with Crippen LogP contribution in [0.3, 0.4) is 0 Å². The molecule has 0 radical (unpaired) electrons. The number of nitrogens with one attached hydrogen (secondary N) is 1. The molecule has 3 rings (SSSR count). The minimum absolute atomic E-state index is 0.151. The zero-order chi connectivity index (χ0) is 25.4. The zero-order valence-electron chi connectivity index (χ0n) is 20.6. The Morgan fingerprint density at radius 2 is 1.63 bits per heavy atom.